The summed E-state index contributed by atoms with van der Waals surface area (Å²) < 4.78 is 16.0. The van der Waals surface area contributed by atoms with Crippen LogP contribution in [0.4, 0.5) is 0 Å². The Morgan fingerprint density at radius 1 is 1.00 bits per heavy atom. The van der Waals surface area contributed by atoms with E-state index in [9.17, 15) is 9.59 Å². The highest BCUT2D eigenvalue weighted by atomic mass is 35.5. The van der Waals surface area contributed by atoms with Gasteiger partial charge in [0.25, 0.3) is 0 Å². The summed E-state index contributed by atoms with van der Waals surface area (Å²) in [5, 5.41) is 2.04. The van der Waals surface area contributed by atoms with E-state index in [1.165, 1.54) is 12.1 Å². The molecule has 0 unspecified atom stereocenters. The molecule has 25 heavy (non-hydrogen) atoms. The second kappa shape index (κ2) is 5.79. The molecular weight excluding hydrogens is 344 g/mol. The third kappa shape index (κ3) is 2.79. The van der Waals surface area contributed by atoms with Gasteiger partial charge in [0.05, 0.1) is 0 Å². The first-order chi connectivity index (χ1) is 12.0. The minimum absolute atomic E-state index is 0.104. The number of carbonyl (C=O) groups excluding carboxylic acids is 1. The second-order valence-corrected chi connectivity index (χ2v) is 5.98. The van der Waals surface area contributed by atoms with Crippen LogP contribution in [0.1, 0.15) is 16.1 Å². The van der Waals surface area contributed by atoms with Gasteiger partial charge in [-0.25, -0.2) is 9.59 Å². The van der Waals surface area contributed by atoms with Crippen molar-refractivity contribution in [1.29, 1.82) is 0 Å². The number of rotatable bonds is 2. The van der Waals surface area contributed by atoms with E-state index in [1.807, 2.05) is 0 Å². The van der Waals surface area contributed by atoms with Crippen LogP contribution in [-0.4, -0.2) is 5.97 Å². The van der Waals surface area contributed by atoms with Crippen molar-refractivity contribution in [3.63, 3.8) is 0 Å². The van der Waals surface area contributed by atoms with Crippen LogP contribution in [-0.2, 0) is 0 Å². The molecule has 0 amide bonds. The van der Waals surface area contributed by atoms with Crippen molar-refractivity contribution < 1.29 is 18.4 Å². The Morgan fingerprint density at radius 3 is 2.64 bits per heavy atom. The summed E-state index contributed by atoms with van der Waals surface area (Å²) in [5.41, 5.74) is 1.07. The first-order valence-corrected chi connectivity index (χ1v) is 7.84. The zero-order chi connectivity index (χ0) is 17.6. The van der Waals surface area contributed by atoms with Crippen molar-refractivity contribution in [1.82, 2.24) is 0 Å². The smallest absolute Gasteiger partial charge is 0.379 e. The molecule has 0 aliphatic rings. The Morgan fingerprint density at radius 2 is 1.80 bits per heavy atom. The third-order valence-corrected chi connectivity index (χ3v) is 4.12. The van der Waals surface area contributed by atoms with E-state index >= 15 is 0 Å². The monoisotopic (exact) mass is 354 g/mol. The zero-order valence-corrected chi connectivity index (χ0v) is 13.8. The van der Waals surface area contributed by atoms with Crippen molar-refractivity contribution in [3.05, 3.63) is 75.3 Å². The van der Waals surface area contributed by atoms with Crippen molar-refractivity contribution in [2.45, 2.75) is 6.92 Å². The number of carbonyl (C=O) groups is 1. The molecule has 124 valence electrons. The predicted molar refractivity (Wildman–Crippen MR) is 93.4 cm³/mol. The number of esters is 1. The summed E-state index contributed by atoms with van der Waals surface area (Å²) in [6.07, 6.45) is 0. The Labute approximate surface area is 146 Å². The maximum Gasteiger partial charge on any atom is 0.379 e. The number of halogens is 1. The minimum atomic E-state index is -0.637. The number of fused-ring (bicyclic) bond motifs is 2. The van der Waals surface area contributed by atoms with Crippen molar-refractivity contribution in [2.75, 3.05) is 0 Å². The van der Waals surface area contributed by atoms with Gasteiger partial charge >= 0.3 is 11.6 Å². The number of ether oxygens (including phenoxy) is 1. The fourth-order valence-electron chi connectivity index (χ4n) is 2.65. The number of benzene rings is 2. The Bertz CT molecular complexity index is 1190. The van der Waals surface area contributed by atoms with Crippen LogP contribution >= 0.6 is 11.6 Å². The van der Waals surface area contributed by atoms with Crippen molar-refractivity contribution >= 4 is 39.5 Å². The van der Waals surface area contributed by atoms with Gasteiger partial charge in [-0.3, -0.25) is 0 Å². The second-order valence-electron chi connectivity index (χ2n) is 5.54. The molecule has 5 nitrogen and oxygen atoms in total. The van der Waals surface area contributed by atoms with Gasteiger partial charge < -0.3 is 13.6 Å². The lowest BCUT2D eigenvalue weighted by Gasteiger charge is -2.04. The average Bonchev–Trinajstić information content (AvgIpc) is 2.91. The number of aryl methyl sites for hydroxylation is 1. The highest BCUT2D eigenvalue weighted by Crippen LogP contribution is 2.29. The molecule has 2 aromatic heterocycles. The van der Waals surface area contributed by atoms with Crippen LogP contribution < -0.4 is 10.4 Å². The maximum absolute atomic E-state index is 12.5. The van der Waals surface area contributed by atoms with Crippen molar-refractivity contribution in [3.8, 4) is 5.75 Å². The lowest BCUT2D eigenvalue weighted by atomic mass is 10.1. The summed E-state index contributed by atoms with van der Waals surface area (Å²) in [7, 11) is 0. The van der Waals surface area contributed by atoms with Gasteiger partial charge in [0, 0.05) is 33.5 Å². The molecule has 2 heterocycles. The fraction of sp³-hybridized carbons (Fsp3) is 0.0526. The maximum atomic E-state index is 12.5. The van der Waals surface area contributed by atoms with Gasteiger partial charge in [-0.1, -0.05) is 11.6 Å². The predicted octanol–water partition coefficient (Wildman–Crippen LogP) is 4.72. The van der Waals surface area contributed by atoms with Crippen LogP contribution in [0.25, 0.3) is 21.9 Å². The molecular formula is C19H11ClO5. The van der Waals surface area contributed by atoms with Crippen LogP contribution in [0.3, 0.4) is 0 Å². The molecule has 0 fully saturated rings. The SMILES string of the molecule is Cc1c(C(=O)Oc2ccc3ccc(=O)oc3c2)oc2ccc(Cl)cc12. The summed E-state index contributed by atoms with van der Waals surface area (Å²) in [6, 6.07) is 12.9. The molecule has 0 spiro atoms. The van der Waals surface area contributed by atoms with Crippen LogP contribution in [0.15, 0.2) is 62.2 Å². The van der Waals surface area contributed by atoms with E-state index in [0.717, 1.165) is 10.8 Å². The zero-order valence-electron chi connectivity index (χ0n) is 13.0. The van der Waals surface area contributed by atoms with Crippen LogP contribution in [0.2, 0.25) is 5.02 Å². The lowest BCUT2D eigenvalue weighted by Crippen LogP contribution is -2.08. The Hall–Kier alpha value is -3.05. The fourth-order valence-corrected chi connectivity index (χ4v) is 2.82. The quantitative estimate of drug-likeness (QED) is 0.296. The largest absolute Gasteiger partial charge is 0.449 e. The topological polar surface area (TPSA) is 69.7 Å². The number of hydrogen-bond acceptors (Lipinski definition) is 5. The summed E-state index contributed by atoms with van der Waals surface area (Å²) >= 11 is 5.98. The molecule has 4 aromatic rings. The average molecular weight is 355 g/mol. The van der Waals surface area contributed by atoms with E-state index < -0.39 is 11.6 Å². The van der Waals surface area contributed by atoms with E-state index in [4.69, 9.17) is 25.2 Å². The van der Waals surface area contributed by atoms with E-state index in [1.54, 1.807) is 43.3 Å². The molecule has 0 saturated carbocycles. The van der Waals surface area contributed by atoms with E-state index in [0.29, 0.717) is 21.8 Å². The molecule has 0 N–H and O–H groups in total. The van der Waals surface area contributed by atoms with E-state index in [-0.39, 0.29) is 11.5 Å². The molecule has 0 aliphatic heterocycles. The lowest BCUT2D eigenvalue weighted by molar-refractivity contribution is 0.0703. The normalized spacial score (nSPS) is 11.1. The Kier molecular flexibility index (Phi) is 3.58. The molecule has 0 saturated heterocycles. The van der Waals surface area contributed by atoms with Crippen molar-refractivity contribution in [2.24, 2.45) is 0 Å². The summed E-state index contributed by atoms with van der Waals surface area (Å²) in [6.45, 7) is 1.76. The number of furan rings is 1. The highest BCUT2D eigenvalue weighted by molar-refractivity contribution is 6.31. The molecule has 0 radical (unpaired) electrons. The summed E-state index contributed by atoms with van der Waals surface area (Å²) in [5.74, 6) is -0.279. The number of hydrogen-bond donors (Lipinski definition) is 0. The summed E-state index contributed by atoms with van der Waals surface area (Å²) in [4.78, 5) is 23.8. The highest BCUT2D eigenvalue weighted by Gasteiger charge is 2.20. The minimum Gasteiger partial charge on any atom is -0.449 e. The first kappa shape index (κ1) is 15.5. The molecule has 2 aromatic carbocycles. The van der Waals surface area contributed by atoms with E-state index in [2.05, 4.69) is 0 Å². The third-order valence-electron chi connectivity index (χ3n) is 3.89. The van der Waals surface area contributed by atoms with Gasteiger partial charge in [0.1, 0.15) is 16.9 Å². The van der Waals surface area contributed by atoms with Gasteiger partial charge in [-0.05, 0) is 43.3 Å². The molecule has 0 atom stereocenters. The van der Waals surface area contributed by atoms with Gasteiger partial charge in [-0.2, -0.15) is 0 Å². The van der Waals surface area contributed by atoms with Crippen LogP contribution in [0, 0.1) is 6.92 Å². The Balaban J connectivity index is 1.70. The molecule has 4 rings (SSSR count). The molecule has 6 heteroatoms. The first-order valence-electron chi connectivity index (χ1n) is 7.46. The van der Waals surface area contributed by atoms with Gasteiger partial charge in [-0.15, -0.1) is 0 Å². The standard InChI is InChI=1S/C19H11ClO5/c1-10-14-8-12(20)4-6-15(14)25-18(10)19(22)23-13-5-2-11-3-7-17(21)24-16(11)9-13/h2-9H,1H3. The molecule has 0 aliphatic carbocycles. The van der Waals surface area contributed by atoms with Crippen LogP contribution in [0.5, 0.6) is 5.75 Å². The van der Waals surface area contributed by atoms with Gasteiger partial charge in [0.15, 0.2) is 0 Å². The van der Waals surface area contributed by atoms with Gasteiger partial charge in [0.2, 0.25) is 5.76 Å². The molecule has 0 bridgehead atoms.